The highest BCUT2D eigenvalue weighted by atomic mass is 32.1. The van der Waals surface area contributed by atoms with Crippen molar-refractivity contribution < 1.29 is 10.0 Å². The van der Waals surface area contributed by atoms with Crippen LogP contribution < -0.4 is 11.1 Å². The molecule has 1 aliphatic carbocycles. The number of nitrogens with one attached hydrogen (secondary N) is 1. The Kier molecular flexibility index (Phi) is 4.65. The normalized spacial score (nSPS) is 19.4. The monoisotopic (exact) mass is 295 g/mol. The summed E-state index contributed by atoms with van der Waals surface area (Å²) < 4.78 is 0. The Morgan fingerprint density at radius 2 is 2.00 bits per heavy atom. The van der Waals surface area contributed by atoms with E-state index in [4.69, 9.17) is 10.9 Å². The van der Waals surface area contributed by atoms with Crippen LogP contribution in [0.5, 0.6) is 0 Å². The minimum Gasteiger partial charge on any atom is -0.409 e. The van der Waals surface area contributed by atoms with E-state index in [-0.39, 0.29) is 11.7 Å². The van der Waals surface area contributed by atoms with E-state index >= 15 is 0 Å². The second-order valence-electron chi connectivity index (χ2n) is 5.40. The molecule has 1 amide bonds. The van der Waals surface area contributed by atoms with Gasteiger partial charge in [-0.05, 0) is 30.7 Å². The van der Waals surface area contributed by atoms with Gasteiger partial charge >= 0.3 is 0 Å². The highest BCUT2D eigenvalue weighted by Crippen LogP contribution is 2.28. The van der Waals surface area contributed by atoms with Gasteiger partial charge in [-0.2, -0.15) is 11.3 Å². The number of aryl methyl sites for hydroxylation is 1. The lowest BCUT2D eigenvalue weighted by molar-refractivity contribution is 0.0915. The van der Waals surface area contributed by atoms with E-state index in [1.807, 2.05) is 17.7 Å². The predicted molar refractivity (Wildman–Crippen MR) is 80.4 cm³/mol. The molecule has 110 valence electrons. The van der Waals surface area contributed by atoms with E-state index in [2.05, 4.69) is 10.5 Å². The number of oxime groups is 1. The second kappa shape index (κ2) is 6.26. The molecule has 20 heavy (non-hydrogen) atoms. The lowest BCUT2D eigenvalue weighted by atomic mass is 9.88. The molecular weight excluding hydrogens is 274 g/mol. The van der Waals surface area contributed by atoms with Gasteiger partial charge in [-0.1, -0.05) is 30.8 Å². The van der Waals surface area contributed by atoms with Crippen LogP contribution in [0.2, 0.25) is 0 Å². The largest absolute Gasteiger partial charge is 0.409 e. The van der Waals surface area contributed by atoms with E-state index in [1.165, 1.54) is 11.3 Å². The topological polar surface area (TPSA) is 87.7 Å². The van der Waals surface area contributed by atoms with Crippen molar-refractivity contribution in [2.45, 2.75) is 51.0 Å². The van der Waals surface area contributed by atoms with Crippen LogP contribution >= 0.6 is 11.3 Å². The first-order valence-electron chi connectivity index (χ1n) is 6.92. The van der Waals surface area contributed by atoms with Gasteiger partial charge in [-0.25, -0.2) is 0 Å². The van der Waals surface area contributed by atoms with Crippen molar-refractivity contribution in [2.75, 3.05) is 0 Å². The van der Waals surface area contributed by atoms with Crippen LogP contribution in [0.15, 0.2) is 15.9 Å². The molecule has 0 bridgehead atoms. The molecule has 1 saturated carbocycles. The zero-order valence-electron chi connectivity index (χ0n) is 11.7. The van der Waals surface area contributed by atoms with E-state index in [0.717, 1.165) is 44.1 Å². The number of nitrogens with two attached hydrogens (primary N) is 1. The Hall–Kier alpha value is -1.56. The fraction of sp³-hybridized carbons (Fsp3) is 0.571. The van der Waals surface area contributed by atoms with Gasteiger partial charge in [0.2, 0.25) is 0 Å². The van der Waals surface area contributed by atoms with Crippen LogP contribution in [0.4, 0.5) is 0 Å². The highest BCUT2D eigenvalue weighted by molar-refractivity contribution is 7.08. The molecule has 2 rings (SSSR count). The number of rotatable bonds is 3. The molecule has 1 fully saturated rings. The fourth-order valence-electron chi connectivity index (χ4n) is 2.75. The van der Waals surface area contributed by atoms with Crippen molar-refractivity contribution in [2.24, 2.45) is 10.9 Å². The van der Waals surface area contributed by atoms with Crippen molar-refractivity contribution >= 4 is 23.1 Å². The number of carbonyl (C=O) groups is 1. The Bertz CT molecular complexity index is 502. The average molecular weight is 295 g/mol. The summed E-state index contributed by atoms with van der Waals surface area (Å²) in [6.45, 7) is 1.91. The summed E-state index contributed by atoms with van der Waals surface area (Å²) in [4.78, 5) is 12.4. The second-order valence-corrected chi connectivity index (χ2v) is 6.15. The van der Waals surface area contributed by atoms with Crippen LogP contribution in [0.3, 0.4) is 0 Å². The first kappa shape index (κ1) is 14.8. The van der Waals surface area contributed by atoms with Gasteiger partial charge in [-0.15, -0.1) is 0 Å². The Morgan fingerprint density at radius 3 is 2.50 bits per heavy atom. The smallest absolute Gasteiger partial charge is 0.253 e. The standard InChI is InChI=1S/C14H21N3O2S/c1-10-8-20-9-11(10)12(18)16-14(13(15)17-19)6-4-2-3-5-7-14/h8-9,19H,2-7H2,1H3,(H2,15,17)(H,16,18). The third kappa shape index (κ3) is 2.95. The van der Waals surface area contributed by atoms with Gasteiger partial charge in [0.1, 0.15) is 5.54 Å². The maximum Gasteiger partial charge on any atom is 0.253 e. The number of nitrogens with zero attached hydrogens (tertiary/aromatic N) is 1. The molecule has 6 heteroatoms. The SMILES string of the molecule is Cc1cscc1C(=O)NC1(C(N)=NO)CCCCCC1. The molecule has 4 N–H and O–H groups in total. The summed E-state index contributed by atoms with van der Waals surface area (Å²) in [7, 11) is 0. The molecule has 0 unspecified atom stereocenters. The van der Waals surface area contributed by atoms with Crippen molar-refractivity contribution in [3.63, 3.8) is 0 Å². The lowest BCUT2D eigenvalue weighted by Gasteiger charge is -2.32. The van der Waals surface area contributed by atoms with Gasteiger partial charge in [0, 0.05) is 5.38 Å². The van der Waals surface area contributed by atoms with Crippen LogP contribution in [0.25, 0.3) is 0 Å². The molecule has 1 aliphatic rings. The Balaban J connectivity index is 2.24. The molecule has 0 spiro atoms. The number of amides is 1. The van der Waals surface area contributed by atoms with Crippen LogP contribution in [-0.4, -0.2) is 22.5 Å². The van der Waals surface area contributed by atoms with Crippen LogP contribution in [0, 0.1) is 6.92 Å². The summed E-state index contributed by atoms with van der Waals surface area (Å²) in [5, 5.41) is 19.0. The number of hydrogen-bond acceptors (Lipinski definition) is 4. The quantitative estimate of drug-likeness (QED) is 0.263. The van der Waals surface area contributed by atoms with E-state index < -0.39 is 5.54 Å². The summed E-state index contributed by atoms with van der Waals surface area (Å²) in [5.41, 5.74) is 6.79. The Morgan fingerprint density at radius 1 is 1.35 bits per heavy atom. The predicted octanol–water partition coefficient (Wildman–Crippen LogP) is 2.63. The van der Waals surface area contributed by atoms with Crippen molar-refractivity contribution in [1.82, 2.24) is 5.32 Å². The molecule has 0 aliphatic heterocycles. The number of amidine groups is 1. The number of thiophene rings is 1. The first-order valence-corrected chi connectivity index (χ1v) is 7.87. The third-order valence-electron chi connectivity index (χ3n) is 4.01. The number of hydrogen-bond donors (Lipinski definition) is 3. The van der Waals surface area contributed by atoms with Gasteiger partial charge in [0.05, 0.1) is 5.56 Å². The maximum atomic E-state index is 12.4. The lowest BCUT2D eigenvalue weighted by Crippen LogP contribution is -2.57. The van der Waals surface area contributed by atoms with Crippen molar-refractivity contribution in [3.8, 4) is 0 Å². The van der Waals surface area contributed by atoms with E-state index in [1.54, 1.807) is 0 Å². The fourth-order valence-corrected chi connectivity index (χ4v) is 3.58. The van der Waals surface area contributed by atoms with E-state index in [9.17, 15) is 4.79 Å². The van der Waals surface area contributed by atoms with Crippen LogP contribution in [-0.2, 0) is 0 Å². The summed E-state index contributed by atoms with van der Waals surface area (Å²) in [6.07, 6.45) is 5.62. The summed E-state index contributed by atoms with van der Waals surface area (Å²) in [6, 6.07) is 0. The summed E-state index contributed by atoms with van der Waals surface area (Å²) in [5.74, 6) is -0.0297. The van der Waals surface area contributed by atoms with Gasteiger partial charge < -0.3 is 16.3 Å². The van der Waals surface area contributed by atoms with Crippen LogP contribution in [0.1, 0.15) is 54.4 Å². The molecule has 0 aromatic carbocycles. The average Bonchev–Trinajstić information content (AvgIpc) is 2.73. The van der Waals surface area contributed by atoms with Gasteiger partial charge in [0.25, 0.3) is 5.91 Å². The molecule has 1 aromatic heterocycles. The zero-order chi connectivity index (χ0) is 14.6. The summed E-state index contributed by atoms with van der Waals surface area (Å²) >= 11 is 1.50. The maximum absolute atomic E-state index is 12.4. The molecule has 0 atom stereocenters. The molecule has 1 aromatic rings. The Labute approximate surface area is 122 Å². The molecule has 0 radical (unpaired) electrons. The molecule has 1 heterocycles. The third-order valence-corrected chi connectivity index (χ3v) is 4.87. The highest BCUT2D eigenvalue weighted by Gasteiger charge is 2.37. The van der Waals surface area contributed by atoms with Gasteiger partial charge in [-0.3, -0.25) is 4.79 Å². The first-order chi connectivity index (χ1) is 9.59. The minimum absolute atomic E-state index is 0.112. The van der Waals surface area contributed by atoms with Crippen molar-refractivity contribution in [1.29, 1.82) is 0 Å². The number of carbonyl (C=O) groups excluding carboxylic acids is 1. The minimum atomic E-state index is -0.712. The zero-order valence-corrected chi connectivity index (χ0v) is 12.5. The molecule has 5 nitrogen and oxygen atoms in total. The molecule has 0 saturated heterocycles. The molecular formula is C14H21N3O2S. The van der Waals surface area contributed by atoms with Crippen molar-refractivity contribution in [3.05, 3.63) is 21.9 Å². The van der Waals surface area contributed by atoms with E-state index in [0.29, 0.717) is 5.56 Å². The van der Waals surface area contributed by atoms with Gasteiger partial charge in [0.15, 0.2) is 5.84 Å².